The molecule has 244 valence electrons. The van der Waals surface area contributed by atoms with Crippen molar-refractivity contribution >= 4 is 46.6 Å². The minimum atomic E-state index is -1.19. The highest BCUT2D eigenvalue weighted by Gasteiger charge is 2.24. The van der Waals surface area contributed by atoms with E-state index >= 15 is 0 Å². The van der Waals surface area contributed by atoms with E-state index in [9.17, 15) is 23.2 Å². The second-order valence-corrected chi connectivity index (χ2v) is 11.7. The molecule has 0 unspecified atom stereocenters. The van der Waals surface area contributed by atoms with Gasteiger partial charge < -0.3 is 19.6 Å². The lowest BCUT2D eigenvalue weighted by molar-refractivity contribution is 0.0696. The molecule has 0 spiro atoms. The Bertz CT molecular complexity index is 1820. The molecule has 0 bridgehead atoms. The number of nitrogens with zero attached hydrogens (tertiary/aromatic N) is 4. The molecule has 2 aromatic heterocycles. The summed E-state index contributed by atoms with van der Waals surface area (Å²) in [6.45, 7) is 10.9. The highest BCUT2D eigenvalue weighted by Crippen LogP contribution is 2.33. The van der Waals surface area contributed by atoms with Crippen LogP contribution < -0.4 is 21.2 Å². The molecule has 2 heterocycles. The molecule has 2 amide bonds. The van der Waals surface area contributed by atoms with Crippen molar-refractivity contribution in [2.75, 3.05) is 5.32 Å². The maximum Gasteiger partial charge on any atom is 0.442 e. The number of hydrogen-bond acceptors (Lipinski definition) is 8. The van der Waals surface area contributed by atoms with Crippen LogP contribution in [0.15, 0.2) is 63.0 Å². The number of aromatic carboxylic acids is 1. The monoisotopic (exact) mass is 678 g/mol. The van der Waals surface area contributed by atoms with Crippen molar-refractivity contribution in [3.8, 4) is 11.4 Å². The quantitative estimate of drug-likeness (QED) is 0.142. The molecule has 0 aliphatic carbocycles. The number of benzene rings is 2. The Balaban J connectivity index is 0.000000251. The Kier molecular flexibility index (Phi) is 11.6. The normalized spacial score (nSPS) is 11.5. The maximum atomic E-state index is 13.0. The Labute approximate surface area is 272 Å². The van der Waals surface area contributed by atoms with Crippen LogP contribution in [-0.2, 0) is 5.41 Å². The first-order valence-corrected chi connectivity index (χ1v) is 14.2. The van der Waals surface area contributed by atoms with Gasteiger partial charge in [0.2, 0.25) is 5.89 Å². The van der Waals surface area contributed by atoms with Crippen molar-refractivity contribution in [1.29, 1.82) is 0 Å². The zero-order chi connectivity index (χ0) is 34.3. The third-order valence-corrected chi connectivity index (χ3v) is 6.21. The lowest BCUT2D eigenvalue weighted by Crippen LogP contribution is -2.26. The van der Waals surface area contributed by atoms with Crippen LogP contribution in [0.25, 0.3) is 5.69 Å². The van der Waals surface area contributed by atoms with Crippen molar-refractivity contribution in [2.45, 2.75) is 53.1 Å². The summed E-state index contributed by atoms with van der Waals surface area (Å²) < 4.78 is 38.0. The van der Waals surface area contributed by atoms with Crippen LogP contribution in [0.4, 0.5) is 19.3 Å². The van der Waals surface area contributed by atoms with Gasteiger partial charge in [0.15, 0.2) is 0 Å². The van der Waals surface area contributed by atoms with E-state index in [1.807, 2.05) is 34.6 Å². The minimum absolute atomic E-state index is 0.0642. The average Bonchev–Trinajstić information content (AvgIpc) is 3.34. The number of aromatic nitrogens is 3. The lowest BCUT2D eigenvalue weighted by atomic mass is 9.97. The average molecular weight is 680 g/mol. The van der Waals surface area contributed by atoms with Crippen LogP contribution in [0.2, 0.25) is 10.0 Å². The maximum absolute atomic E-state index is 13.0. The number of anilines is 1. The van der Waals surface area contributed by atoms with Gasteiger partial charge >= 0.3 is 17.8 Å². The fraction of sp³-hybridized carbons (Fsp3) is 0.267. The summed E-state index contributed by atoms with van der Waals surface area (Å²) in [5, 5.41) is 19.9. The van der Waals surface area contributed by atoms with E-state index in [0.717, 1.165) is 16.8 Å². The van der Waals surface area contributed by atoms with Gasteiger partial charge in [-0.1, -0.05) is 44.0 Å². The van der Waals surface area contributed by atoms with Gasteiger partial charge in [0.25, 0.3) is 0 Å². The van der Waals surface area contributed by atoms with E-state index in [2.05, 4.69) is 25.9 Å². The van der Waals surface area contributed by atoms with Crippen molar-refractivity contribution in [1.82, 2.24) is 20.2 Å². The van der Waals surface area contributed by atoms with Crippen LogP contribution >= 0.6 is 23.2 Å². The fourth-order valence-corrected chi connectivity index (χ4v) is 4.10. The highest BCUT2D eigenvalue weighted by molar-refractivity contribution is 6.36. The summed E-state index contributed by atoms with van der Waals surface area (Å²) >= 11 is 12.3. The molecule has 2 aromatic carbocycles. The number of carbonyl (C=O) groups is 2. The number of carbonyl (C=O) groups excluding carboxylic acids is 1. The number of urea groups is 1. The van der Waals surface area contributed by atoms with Crippen molar-refractivity contribution in [2.24, 2.45) is 5.10 Å². The zero-order valence-corrected chi connectivity index (χ0v) is 27.0. The number of ether oxygens (including phenoxy) is 1. The predicted octanol–water partition coefficient (Wildman–Crippen LogP) is 6.82. The molecule has 12 nitrogen and oxygen atoms in total. The number of hydrazone groups is 1. The summed E-state index contributed by atoms with van der Waals surface area (Å²) in [5.41, 5.74) is 2.13. The summed E-state index contributed by atoms with van der Waals surface area (Å²) in [6.07, 6.45) is 1.32. The molecule has 0 radical (unpaired) electrons. The summed E-state index contributed by atoms with van der Waals surface area (Å²) in [5.74, 6) is -2.72. The van der Waals surface area contributed by atoms with Crippen LogP contribution in [0, 0.1) is 11.6 Å². The molecule has 3 N–H and O–H groups in total. The van der Waals surface area contributed by atoms with Crippen LogP contribution in [0.3, 0.4) is 0 Å². The number of pyridine rings is 1. The predicted molar refractivity (Wildman–Crippen MR) is 169 cm³/mol. The Hall–Kier alpha value is -4.82. The van der Waals surface area contributed by atoms with Crippen LogP contribution in [0.5, 0.6) is 5.75 Å². The van der Waals surface area contributed by atoms with Crippen LogP contribution in [0.1, 0.15) is 63.5 Å². The number of carboxylic acids is 1. The minimum Gasteiger partial charge on any atom is -0.489 e. The van der Waals surface area contributed by atoms with Gasteiger partial charge in [-0.15, -0.1) is 5.10 Å². The number of rotatable bonds is 7. The molecule has 4 aromatic rings. The Morgan fingerprint density at radius 1 is 1.09 bits per heavy atom. The number of carboxylic acid groups (broad SMARTS) is 1. The molecule has 0 aliphatic heterocycles. The van der Waals surface area contributed by atoms with E-state index in [0.29, 0.717) is 28.4 Å². The van der Waals surface area contributed by atoms with E-state index in [-0.39, 0.29) is 39.2 Å². The van der Waals surface area contributed by atoms with Crippen molar-refractivity contribution in [3.05, 3.63) is 98.0 Å². The number of amides is 2. The number of halogens is 4. The molecular formula is C30H30Cl2F2N6O6. The molecule has 46 heavy (non-hydrogen) atoms. The van der Waals surface area contributed by atoms with Crippen molar-refractivity contribution in [3.63, 3.8) is 0 Å². The van der Waals surface area contributed by atoms with Gasteiger partial charge in [-0.3, -0.25) is 4.98 Å². The first-order valence-electron chi connectivity index (χ1n) is 13.5. The molecule has 0 aliphatic rings. The Morgan fingerprint density at radius 2 is 1.74 bits per heavy atom. The third-order valence-electron chi connectivity index (χ3n) is 5.61. The molecule has 16 heteroatoms. The molecule has 4 rings (SSSR count). The SMILES string of the molecule is C/C(=N\NC(=O)Nc1cc(F)cc(F)c1)c1ncccc1C(=O)O.CC(C)Oc1cc(-n2nc(C(C)(C)C)oc2=O)c(Cl)cc1Cl. The van der Waals surface area contributed by atoms with E-state index in [1.54, 1.807) is 6.07 Å². The van der Waals surface area contributed by atoms with E-state index in [1.165, 1.54) is 31.3 Å². The second kappa shape index (κ2) is 15.0. The van der Waals surface area contributed by atoms with Gasteiger partial charge in [-0.25, -0.2) is 28.6 Å². The van der Waals surface area contributed by atoms with Gasteiger partial charge in [0.05, 0.1) is 33.1 Å². The molecule has 0 saturated heterocycles. The number of nitrogens with one attached hydrogen (secondary N) is 2. The second-order valence-electron chi connectivity index (χ2n) is 10.9. The highest BCUT2D eigenvalue weighted by atomic mass is 35.5. The summed E-state index contributed by atoms with van der Waals surface area (Å²) in [4.78, 5) is 38.7. The molecular weight excluding hydrogens is 649 g/mol. The number of hydrogen-bond donors (Lipinski definition) is 3. The first kappa shape index (κ1) is 35.7. The fourth-order valence-electron chi connectivity index (χ4n) is 3.60. The molecule has 0 atom stereocenters. The largest absolute Gasteiger partial charge is 0.489 e. The van der Waals surface area contributed by atoms with Gasteiger partial charge in [-0.2, -0.15) is 9.78 Å². The zero-order valence-electron chi connectivity index (χ0n) is 25.5. The standard InChI is InChI=1S/C15H18Cl2N2O3.C15H12F2N4O3/c1-8(2)21-12-7-11(9(16)6-10(12)17)19-14(20)22-13(18-19)15(3,4)5;1-8(13-12(14(22)23)3-2-4-18-13)20-21-15(24)19-11-6-9(16)5-10(17)7-11/h6-8H,1-5H3;2-7H,1H3,(H,22,23)(H2,19,21,24)/b;20-8+. The molecule has 0 fully saturated rings. The van der Waals surface area contributed by atoms with Gasteiger partial charge in [0, 0.05) is 29.4 Å². The topological polar surface area (TPSA) is 161 Å². The van der Waals surface area contributed by atoms with Gasteiger partial charge in [-0.05, 0) is 51.1 Å². The molecule has 0 saturated carbocycles. The van der Waals surface area contributed by atoms with Crippen molar-refractivity contribution < 1.29 is 32.6 Å². The third kappa shape index (κ3) is 9.59. The van der Waals surface area contributed by atoms with E-state index < -0.39 is 29.4 Å². The Morgan fingerprint density at radius 3 is 2.30 bits per heavy atom. The first-order chi connectivity index (χ1) is 21.5. The summed E-state index contributed by atoms with van der Waals surface area (Å²) in [7, 11) is 0. The lowest BCUT2D eigenvalue weighted by Gasteiger charge is -2.13. The van der Waals surface area contributed by atoms with E-state index in [4.69, 9.17) is 37.5 Å². The van der Waals surface area contributed by atoms with Crippen LogP contribution in [-0.4, -0.2) is 43.7 Å². The smallest absolute Gasteiger partial charge is 0.442 e. The summed E-state index contributed by atoms with van der Waals surface area (Å²) in [6, 6.07) is 7.58. The van der Waals surface area contributed by atoms with Gasteiger partial charge in [0.1, 0.15) is 23.1 Å².